The van der Waals surface area contributed by atoms with E-state index in [9.17, 15) is 13.2 Å². The van der Waals surface area contributed by atoms with E-state index in [0.717, 1.165) is 11.1 Å². The molecule has 1 aliphatic heterocycles. The molecule has 0 saturated carbocycles. The Morgan fingerprint density at radius 3 is 2.18 bits per heavy atom. The molecule has 1 amide bonds. The molecule has 2 aromatic rings. The number of hydrogen-bond donors (Lipinski definition) is 1. The number of rotatable bonds is 8. The van der Waals surface area contributed by atoms with Crippen LogP contribution in [0.3, 0.4) is 0 Å². The van der Waals surface area contributed by atoms with Gasteiger partial charge < -0.3 is 19.5 Å². The van der Waals surface area contributed by atoms with Crippen LogP contribution in [0.5, 0.6) is 17.2 Å². The Morgan fingerprint density at radius 2 is 1.58 bits per heavy atom. The van der Waals surface area contributed by atoms with Crippen molar-refractivity contribution < 1.29 is 27.4 Å². The van der Waals surface area contributed by atoms with E-state index in [1.165, 1.54) is 11.4 Å². The Hall–Kier alpha value is -2.78. The van der Waals surface area contributed by atoms with Gasteiger partial charge in [-0.3, -0.25) is 4.79 Å². The summed E-state index contributed by atoms with van der Waals surface area (Å²) in [6, 6.07) is 10.4. The van der Waals surface area contributed by atoms with Crippen LogP contribution in [0.1, 0.15) is 36.9 Å². The highest BCUT2D eigenvalue weighted by atomic mass is 32.2. The van der Waals surface area contributed by atoms with Crippen molar-refractivity contribution in [2.75, 3.05) is 34.4 Å². The fraction of sp³-hybridized carbons (Fsp3) is 0.458. The van der Waals surface area contributed by atoms with Gasteiger partial charge in [-0.1, -0.05) is 12.1 Å². The third-order valence-corrected chi connectivity index (χ3v) is 7.95. The number of methoxy groups -OCH3 is 3. The monoisotopic (exact) mass is 476 g/mol. The number of nitrogens with zero attached hydrogens (tertiary/aromatic N) is 1. The molecule has 0 spiro atoms. The largest absolute Gasteiger partial charge is 0.495 e. The number of aryl methyl sites for hydroxylation is 1. The Balaban J connectivity index is 1.64. The molecule has 1 heterocycles. The molecule has 0 aliphatic carbocycles. The van der Waals surface area contributed by atoms with Crippen LogP contribution in [-0.4, -0.2) is 53.0 Å². The van der Waals surface area contributed by atoms with Crippen LogP contribution in [-0.2, 0) is 14.8 Å². The lowest BCUT2D eigenvalue weighted by Crippen LogP contribution is -2.43. The summed E-state index contributed by atoms with van der Waals surface area (Å²) in [5.41, 5.74) is 1.74. The molecule has 2 aromatic carbocycles. The summed E-state index contributed by atoms with van der Waals surface area (Å²) in [6.45, 7) is 4.31. The normalized spacial score (nSPS) is 16.2. The third-order valence-electron chi connectivity index (χ3n) is 6.03. The number of hydrogen-bond acceptors (Lipinski definition) is 6. The van der Waals surface area contributed by atoms with Crippen molar-refractivity contribution in [1.29, 1.82) is 0 Å². The second kappa shape index (κ2) is 10.4. The van der Waals surface area contributed by atoms with E-state index in [1.807, 2.05) is 32.0 Å². The zero-order chi connectivity index (χ0) is 24.2. The number of benzene rings is 2. The first-order valence-electron chi connectivity index (χ1n) is 10.9. The maximum Gasteiger partial charge on any atom is 0.246 e. The summed E-state index contributed by atoms with van der Waals surface area (Å²) >= 11 is 0. The first-order valence-corrected chi connectivity index (χ1v) is 12.3. The first kappa shape index (κ1) is 24.9. The molecule has 180 valence electrons. The SMILES string of the molecule is COc1ccc([C@@H](C)NC(=O)C2CCN(S(=O)(=O)c3cc(C)ccc3OC)CC2)cc1OC. The topological polar surface area (TPSA) is 94.2 Å². The Labute approximate surface area is 195 Å². The maximum atomic E-state index is 13.2. The van der Waals surface area contributed by atoms with Gasteiger partial charge in [0.25, 0.3) is 0 Å². The minimum absolute atomic E-state index is 0.0810. The van der Waals surface area contributed by atoms with Crippen LogP contribution >= 0.6 is 0 Å². The number of carbonyl (C=O) groups excluding carboxylic acids is 1. The minimum Gasteiger partial charge on any atom is -0.495 e. The van der Waals surface area contributed by atoms with Crippen molar-refractivity contribution in [2.24, 2.45) is 5.92 Å². The van der Waals surface area contributed by atoms with Crippen LogP contribution in [0.15, 0.2) is 41.3 Å². The van der Waals surface area contributed by atoms with Crippen LogP contribution < -0.4 is 19.5 Å². The van der Waals surface area contributed by atoms with Crippen molar-refractivity contribution in [2.45, 2.75) is 37.6 Å². The molecule has 0 aromatic heterocycles. The third kappa shape index (κ3) is 5.42. The molecule has 1 saturated heterocycles. The Kier molecular flexibility index (Phi) is 7.86. The molecule has 1 atom stereocenters. The molecule has 0 unspecified atom stereocenters. The first-order chi connectivity index (χ1) is 15.7. The van der Waals surface area contributed by atoms with Crippen LogP contribution in [0.25, 0.3) is 0 Å². The predicted octanol–water partition coefficient (Wildman–Crippen LogP) is 3.30. The van der Waals surface area contributed by atoms with E-state index in [-0.39, 0.29) is 35.9 Å². The van der Waals surface area contributed by atoms with E-state index in [0.29, 0.717) is 30.1 Å². The lowest BCUT2D eigenvalue weighted by molar-refractivity contribution is -0.126. The van der Waals surface area contributed by atoms with Crippen LogP contribution in [0.2, 0.25) is 0 Å². The number of ether oxygens (including phenoxy) is 3. The zero-order valence-electron chi connectivity index (χ0n) is 19.8. The highest BCUT2D eigenvalue weighted by molar-refractivity contribution is 7.89. The Morgan fingerprint density at radius 1 is 0.970 bits per heavy atom. The van der Waals surface area contributed by atoms with Gasteiger partial charge >= 0.3 is 0 Å². The van der Waals surface area contributed by atoms with Gasteiger partial charge in [0.15, 0.2) is 11.5 Å². The summed E-state index contributed by atoms with van der Waals surface area (Å²) < 4.78 is 43.7. The fourth-order valence-corrected chi connectivity index (χ4v) is 5.73. The van der Waals surface area contributed by atoms with Gasteiger partial charge in [0, 0.05) is 19.0 Å². The van der Waals surface area contributed by atoms with Gasteiger partial charge in [-0.2, -0.15) is 4.31 Å². The molecule has 8 nitrogen and oxygen atoms in total. The second-order valence-corrected chi connectivity index (χ2v) is 10.1. The second-order valence-electron chi connectivity index (χ2n) is 8.18. The highest BCUT2D eigenvalue weighted by Crippen LogP contribution is 2.32. The maximum absolute atomic E-state index is 13.2. The van der Waals surface area contributed by atoms with Gasteiger partial charge in [0.1, 0.15) is 10.6 Å². The average Bonchev–Trinajstić information content (AvgIpc) is 2.83. The molecule has 3 rings (SSSR count). The van der Waals surface area contributed by atoms with E-state index in [4.69, 9.17) is 14.2 Å². The van der Waals surface area contributed by atoms with Gasteiger partial charge in [-0.05, 0) is 62.1 Å². The number of piperidine rings is 1. The van der Waals surface area contributed by atoms with Gasteiger partial charge in [-0.25, -0.2) is 8.42 Å². The molecule has 1 aliphatic rings. The standard InChI is InChI=1S/C24H32N2O6S/c1-16-6-8-21(31-4)23(14-16)33(28,29)26-12-10-18(11-13-26)24(27)25-17(2)19-7-9-20(30-3)22(15-19)32-5/h6-9,14-15,17-18H,10-13H2,1-5H3,(H,25,27)/t17-/m1/s1. The lowest BCUT2D eigenvalue weighted by atomic mass is 9.96. The molecule has 1 fully saturated rings. The number of nitrogens with one attached hydrogen (secondary N) is 1. The van der Waals surface area contributed by atoms with Gasteiger partial charge in [-0.15, -0.1) is 0 Å². The molecule has 9 heteroatoms. The number of amides is 1. The quantitative estimate of drug-likeness (QED) is 0.628. The number of carbonyl (C=O) groups is 1. The summed E-state index contributed by atoms with van der Waals surface area (Å²) in [6.07, 6.45) is 0.912. The van der Waals surface area contributed by atoms with Crippen molar-refractivity contribution in [1.82, 2.24) is 9.62 Å². The van der Waals surface area contributed by atoms with Crippen molar-refractivity contribution in [3.63, 3.8) is 0 Å². The average molecular weight is 477 g/mol. The molecule has 0 radical (unpaired) electrons. The molecular formula is C24H32N2O6S. The summed E-state index contributed by atoms with van der Waals surface area (Å²) in [5.74, 6) is 1.21. The van der Waals surface area contributed by atoms with Crippen molar-refractivity contribution in [3.8, 4) is 17.2 Å². The zero-order valence-corrected chi connectivity index (χ0v) is 20.6. The molecule has 1 N–H and O–H groups in total. The minimum atomic E-state index is -3.71. The summed E-state index contributed by atoms with van der Waals surface area (Å²) in [7, 11) is 0.894. The fourth-order valence-electron chi connectivity index (χ4n) is 4.02. The van der Waals surface area contributed by atoms with E-state index in [2.05, 4.69) is 5.32 Å². The Bertz CT molecular complexity index is 1090. The van der Waals surface area contributed by atoms with Crippen LogP contribution in [0, 0.1) is 12.8 Å². The highest BCUT2D eigenvalue weighted by Gasteiger charge is 2.34. The predicted molar refractivity (Wildman–Crippen MR) is 125 cm³/mol. The van der Waals surface area contributed by atoms with Crippen molar-refractivity contribution >= 4 is 15.9 Å². The smallest absolute Gasteiger partial charge is 0.246 e. The van der Waals surface area contributed by atoms with E-state index < -0.39 is 10.0 Å². The molecule has 0 bridgehead atoms. The summed E-state index contributed by atoms with van der Waals surface area (Å²) in [4.78, 5) is 13.0. The molecular weight excluding hydrogens is 444 g/mol. The van der Waals surface area contributed by atoms with Gasteiger partial charge in [0.2, 0.25) is 15.9 Å². The summed E-state index contributed by atoms with van der Waals surface area (Å²) in [5, 5.41) is 3.04. The molecule has 33 heavy (non-hydrogen) atoms. The van der Waals surface area contributed by atoms with E-state index in [1.54, 1.807) is 32.4 Å². The van der Waals surface area contributed by atoms with Crippen LogP contribution in [0.4, 0.5) is 0 Å². The van der Waals surface area contributed by atoms with Crippen molar-refractivity contribution in [3.05, 3.63) is 47.5 Å². The van der Waals surface area contributed by atoms with E-state index >= 15 is 0 Å². The number of sulfonamides is 1. The lowest BCUT2D eigenvalue weighted by Gasteiger charge is -2.31. The van der Waals surface area contributed by atoms with Gasteiger partial charge in [0.05, 0.1) is 27.4 Å².